The molecule has 2 aromatic carbocycles. The SMILES string of the molecule is N#CC(=Cc1nc(-c2ccccc2)cs1)C(=O)Nc1cc(Cl)ccc1N1CCOCC1. The van der Waals surface area contributed by atoms with Gasteiger partial charge in [0.1, 0.15) is 16.6 Å². The second-order valence-electron chi connectivity index (χ2n) is 6.82. The number of rotatable bonds is 5. The van der Waals surface area contributed by atoms with Crippen molar-refractivity contribution in [1.82, 2.24) is 4.98 Å². The lowest BCUT2D eigenvalue weighted by atomic mass is 10.2. The number of nitrogens with one attached hydrogen (secondary N) is 1. The minimum atomic E-state index is -0.504. The van der Waals surface area contributed by atoms with Crippen LogP contribution < -0.4 is 10.2 Å². The number of carbonyl (C=O) groups is 1. The highest BCUT2D eigenvalue weighted by atomic mass is 35.5. The second-order valence-corrected chi connectivity index (χ2v) is 8.15. The zero-order chi connectivity index (χ0) is 21.6. The zero-order valence-corrected chi connectivity index (χ0v) is 18.1. The predicted octanol–water partition coefficient (Wildman–Crippen LogP) is 4.85. The number of anilines is 2. The van der Waals surface area contributed by atoms with Crippen LogP contribution in [-0.4, -0.2) is 37.2 Å². The fraction of sp³-hybridized carbons (Fsp3) is 0.174. The first-order chi connectivity index (χ1) is 15.1. The molecule has 31 heavy (non-hydrogen) atoms. The molecule has 0 unspecified atom stereocenters. The van der Waals surface area contributed by atoms with Gasteiger partial charge in [-0.05, 0) is 24.3 Å². The lowest BCUT2D eigenvalue weighted by Crippen LogP contribution is -2.36. The summed E-state index contributed by atoms with van der Waals surface area (Å²) in [4.78, 5) is 19.5. The molecule has 1 aliphatic heterocycles. The monoisotopic (exact) mass is 450 g/mol. The fourth-order valence-corrected chi connectivity index (χ4v) is 4.18. The normalized spacial score (nSPS) is 14.2. The molecule has 1 saturated heterocycles. The predicted molar refractivity (Wildman–Crippen MR) is 124 cm³/mol. The Balaban J connectivity index is 1.56. The lowest BCUT2D eigenvalue weighted by molar-refractivity contribution is -0.112. The summed E-state index contributed by atoms with van der Waals surface area (Å²) in [5, 5.41) is 15.4. The number of nitrogens with zero attached hydrogens (tertiary/aromatic N) is 3. The molecule has 0 saturated carbocycles. The summed E-state index contributed by atoms with van der Waals surface area (Å²) >= 11 is 7.54. The van der Waals surface area contributed by atoms with Crippen LogP contribution in [0.1, 0.15) is 5.01 Å². The van der Waals surface area contributed by atoms with E-state index in [2.05, 4.69) is 15.2 Å². The molecule has 156 valence electrons. The van der Waals surface area contributed by atoms with E-state index < -0.39 is 5.91 Å². The van der Waals surface area contributed by atoms with E-state index in [0.717, 1.165) is 16.9 Å². The van der Waals surface area contributed by atoms with Crippen LogP contribution in [0.5, 0.6) is 0 Å². The van der Waals surface area contributed by atoms with Crippen LogP contribution in [0, 0.1) is 11.3 Å². The molecule has 1 fully saturated rings. The first-order valence-corrected chi connectivity index (χ1v) is 11.0. The Morgan fingerprint density at radius 1 is 1.23 bits per heavy atom. The number of morpholine rings is 1. The highest BCUT2D eigenvalue weighted by Gasteiger charge is 2.18. The molecule has 6 nitrogen and oxygen atoms in total. The van der Waals surface area contributed by atoms with Gasteiger partial charge < -0.3 is 15.0 Å². The Hall–Kier alpha value is -3.18. The summed E-state index contributed by atoms with van der Waals surface area (Å²) in [7, 11) is 0. The molecule has 0 bridgehead atoms. The van der Waals surface area contributed by atoms with Crippen molar-refractivity contribution in [3.8, 4) is 17.3 Å². The Morgan fingerprint density at radius 3 is 2.74 bits per heavy atom. The number of ether oxygens (including phenoxy) is 1. The molecule has 1 aliphatic rings. The van der Waals surface area contributed by atoms with Crippen LogP contribution in [-0.2, 0) is 9.53 Å². The van der Waals surface area contributed by atoms with E-state index in [1.807, 2.05) is 47.8 Å². The van der Waals surface area contributed by atoms with Gasteiger partial charge in [0.2, 0.25) is 0 Å². The summed E-state index contributed by atoms with van der Waals surface area (Å²) in [5.74, 6) is -0.504. The average Bonchev–Trinajstić information content (AvgIpc) is 3.27. The summed E-state index contributed by atoms with van der Waals surface area (Å²) in [5.41, 5.74) is 3.17. The largest absolute Gasteiger partial charge is 0.378 e. The molecule has 0 radical (unpaired) electrons. The van der Waals surface area contributed by atoms with Crippen molar-refractivity contribution < 1.29 is 9.53 Å². The van der Waals surface area contributed by atoms with Crippen LogP contribution in [0.3, 0.4) is 0 Å². The first kappa shape index (κ1) is 21.1. The maximum absolute atomic E-state index is 12.9. The average molecular weight is 451 g/mol. The van der Waals surface area contributed by atoms with E-state index in [-0.39, 0.29) is 5.57 Å². The van der Waals surface area contributed by atoms with Gasteiger partial charge in [0.25, 0.3) is 5.91 Å². The van der Waals surface area contributed by atoms with Gasteiger partial charge >= 0.3 is 0 Å². The molecule has 0 aliphatic carbocycles. The van der Waals surface area contributed by atoms with Gasteiger partial charge in [0.05, 0.1) is 30.3 Å². The van der Waals surface area contributed by atoms with Gasteiger partial charge in [0, 0.05) is 29.1 Å². The maximum atomic E-state index is 12.9. The van der Waals surface area contributed by atoms with Crippen molar-refractivity contribution in [1.29, 1.82) is 5.26 Å². The number of hydrogen-bond donors (Lipinski definition) is 1. The van der Waals surface area contributed by atoms with Gasteiger partial charge in [-0.15, -0.1) is 11.3 Å². The summed E-state index contributed by atoms with van der Waals surface area (Å²) in [6.07, 6.45) is 1.51. The molecule has 1 N–H and O–H groups in total. The van der Waals surface area contributed by atoms with Crippen LogP contribution in [0.4, 0.5) is 11.4 Å². The topological polar surface area (TPSA) is 78.2 Å². The van der Waals surface area contributed by atoms with Crippen molar-refractivity contribution in [2.45, 2.75) is 0 Å². The van der Waals surface area contributed by atoms with E-state index >= 15 is 0 Å². The summed E-state index contributed by atoms with van der Waals surface area (Å²) in [6.45, 7) is 2.67. The molecule has 0 atom stereocenters. The third kappa shape index (κ3) is 5.12. The van der Waals surface area contributed by atoms with E-state index in [9.17, 15) is 10.1 Å². The van der Waals surface area contributed by atoms with Crippen molar-refractivity contribution in [3.05, 3.63) is 69.5 Å². The number of aromatic nitrogens is 1. The van der Waals surface area contributed by atoms with Crippen molar-refractivity contribution >= 4 is 46.3 Å². The van der Waals surface area contributed by atoms with E-state index in [1.54, 1.807) is 12.1 Å². The van der Waals surface area contributed by atoms with Crippen LogP contribution in [0.2, 0.25) is 5.02 Å². The van der Waals surface area contributed by atoms with Crippen LogP contribution in [0.25, 0.3) is 17.3 Å². The lowest BCUT2D eigenvalue weighted by Gasteiger charge is -2.30. The number of amides is 1. The minimum absolute atomic E-state index is 0.0261. The number of carbonyl (C=O) groups excluding carboxylic acids is 1. The van der Waals surface area contributed by atoms with Gasteiger partial charge in [-0.25, -0.2) is 4.98 Å². The van der Waals surface area contributed by atoms with Gasteiger partial charge in [0.15, 0.2) is 0 Å². The van der Waals surface area contributed by atoms with Gasteiger partial charge in [-0.1, -0.05) is 41.9 Å². The van der Waals surface area contributed by atoms with E-state index in [4.69, 9.17) is 16.3 Å². The molecule has 8 heteroatoms. The quantitative estimate of drug-likeness (QED) is 0.444. The summed E-state index contributed by atoms with van der Waals surface area (Å²) in [6, 6.07) is 17.1. The van der Waals surface area contributed by atoms with Crippen molar-refractivity contribution in [2.24, 2.45) is 0 Å². The second kappa shape index (κ2) is 9.75. The van der Waals surface area contributed by atoms with E-state index in [0.29, 0.717) is 42.0 Å². The third-order valence-electron chi connectivity index (χ3n) is 4.78. The third-order valence-corrected chi connectivity index (χ3v) is 5.81. The molecule has 0 spiro atoms. The minimum Gasteiger partial charge on any atom is -0.378 e. The maximum Gasteiger partial charge on any atom is 0.266 e. The fourth-order valence-electron chi connectivity index (χ4n) is 3.25. The van der Waals surface area contributed by atoms with Crippen molar-refractivity contribution in [2.75, 3.05) is 36.5 Å². The molecular formula is C23H19ClN4O2S. The molecule has 1 aromatic heterocycles. The van der Waals surface area contributed by atoms with Crippen molar-refractivity contribution in [3.63, 3.8) is 0 Å². The first-order valence-electron chi connectivity index (χ1n) is 9.70. The Kier molecular flexibility index (Phi) is 6.63. The van der Waals surface area contributed by atoms with Gasteiger partial charge in [-0.2, -0.15) is 5.26 Å². The number of thiazole rings is 1. The molecule has 2 heterocycles. The number of benzene rings is 2. The van der Waals surface area contributed by atoms with Crippen LogP contribution >= 0.6 is 22.9 Å². The smallest absolute Gasteiger partial charge is 0.266 e. The number of hydrogen-bond acceptors (Lipinski definition) is 6. The van der Waals surface area contributed by atoms with Crippen LogP contribution in [0.15, 0.2) is 59.5 Å². The number of halogens is 1. The summed E-state index contributed by atoms with van der Waals surface area (Å²) < 4.78 is 5.41. The molecule has 3 aromatic rings. The molecule has 4 rings (SSSR count). The Labute approximate surface area is 189 Å². The number of nitriles is 1. The highest BCUT2D eigenvalue weighted by Crippen LogP contribution is 2.30. The van der Waals surface area contributed by atoms with Gasteiger partial charge in [-0.3, -0.25) is 4.79 Å². The molecule has 1 amide bonds. The zero-order valence-electron chi connectivity index (χ0n) is 16.5. The standard InChI is InChI=1S/C23H19ClN4O2S/c24-18-6-7-21(28-8-10-30-11-9-28)19(13-18)27-23(29)17(14-25)12-22-26-20(15-31-22)16-4-2-1-3-5-16/h1-7,12-13,15H,8-11H2,(H,27,29). The Morgan fingerprint density at radius 2 is 2.00 bits per heavy atom. The Bertz CT molecular complexity index is 1150. The van der Waals surface area contributed by atoms with E-state index in [1.165, 1.54) is 17.4 Å². The molecular weight excluding hydrogens is 432 g/mol. The highest BCUT2D eigenvalue weighted by molar-refractivity contribution is 7.10.